The molecule has 1 aliphatic rings. The normalized spacial score (nSPS) is 16.4. The van der Waals surface area contributed by atoms with Gasteiger partial charge in [0.15, 0.2) is 4.80 Å². The van der Waals surface area contributed by atoms with Crippen molar-refractivity contribution in [3.05, 3.63) is 52.8 Å². The number of carbonyl (C=O) groups excluding carboxylic acids is 1. The van der Waals surface area contributed by atoms with Crippen LogP contribution in [0, 0.1) is 0 Å². The molecule has 0 atom stereocenters. The van der Waals surface area contributed by atoms with Crippen LogP contribution in [-0.2, 0) is 17.1 Å². The lowest BCUT2D eigenvalue weighted by Crippen LogP contribution is -2.31. The first-order chi connectivity index (χ1) is 14.9. The topological polar surface area (TPSA) is 81.0 Å². The van der Waals surface area contributed by atoms with Gasteiger partial charge in [-0.1, -0.05) is 24.2 Å². The molecule has 0 aliphatic carbocycles. The molecule has 4 rings (SSSR count). The maximum Gasteiger partial charge on any atom is 0.279 e. The Morgan fingerprint density at radius 1 is 1.03 bits per heavy atom. The second-order valence-electron chi connectivity index (χ2n) is 7.54. The van der Waals surface area contributed by atoms with E-state index in [0.29, 0.717) is 23.5 Å². The number of ether oxygens (including phenoxy) is 1. The van der Waals surface area contributed by atoms with Crippen molar-refractivity contribution in [2.24, 2.45) is 12.0 Å². The molecule has 0 unspecified atom stereocenters. The predicted molar refractivity (Wildman–Crippen MR) is 121 cm³/mol. The fraction of sp³-hybridized carbons (Fsp3) is 0.364. The molecule has 7 nitrogen and oxygen atoms in total. The van der Waals surface area contributed by atoms with Crippen LogP contribution in [0.4, 0.5) is 0 Å². The van der Waals surface area contributed by atoms with E-state index in [1.165, 1.54) is 35.6 Å². The Hall–Kier alpha value is -2.49. The standard InChI is InChI=1S/C22H25N3O4S2/c1-24-19-12-9-17(29-2)15-20(19)30-22(24)23-21(26)16-7-10-18(11-8-16)31(27,28)25-13-5-3-4-6-14-25/h7-12,15H,3-6,13-14H2,1-2H3. The molecule has 2 aromatic carbocycles. The fourth-order valence-corrected chi connectivity index (χ4v) is 6.26. The van der Waals surface area contributed by atoms with Crippen LogP contribution in [0.1, 0.15) is 36.0 Å². The molecular formula is C22H25N3O4S2. The summed E-state index contributed by atoms with van der Waals surface area (Å²) in [5.74, 6) is 0.335. The Labute approximate surface area is 185 Å². The fourth-order valence-electron chi connectivity index (χ4n) is 3.70. The third-order valence-electron chi connectivity index (χ3n) is 5.52. The summed E-state index contributed by atoms with van der Waals surface area (Å²) in [6.45, 7) is 1.09. The number of sulfonamides is 1. The Morgan fingerprint density at radius 2 is 1.71 bits per heavy atom. The van der Waals surface area contributed by atoms with E-state index in [1.807, 2.05) is 29.8 Å². The summed E-state index contributed by atoms with van der Waals surface area (Å²) in [6.07, 6.45) is 3.88. The molecule has 0 bridgehead atoms. The number of aromatic nitrogens is 1. The highest BCUT2D eigenvalue weighted by Crippen LogP contribution is 2.23. The third-order valence-corrected chi connectivity index (χ3v) is 8.53. The molecule has 9 heteroatoms. The molecule has 1 amide bonds. The van der Waals surface area contributed by atoms with Gasteiger partial charge in [0.05, 0.1) is 22.2 Å². The highest BCUT2D eigenvalue weighted by atomic mass is 32.2. The van der Waals surface area contributed by atoms with E-state index in [9.17, 15) is 13.2 Å². The first kappa shape index (κ1) is 21.7. The lowest BCUT2D eigenvalue weighted by atomic mass is 10.2. The number of nitrogens with zero attached hydrogens (tertiary/aromatic N) is 3. The van der Waals surface area contributed by atoms with Crippen LogP contribution in [0.5, 0.6) is 5.75 Å². The molecule has 0 N–H and O–H groups in total. The summed E-state index contributed by atoms with van der Waals surface area (Å²) < 4.78 is 35.5. The number of amides is 1. The summed E-state index contributed by atoms with van der Waals surface area (Å²) >= 11 is 1.40. The van der Waals surface area contributed by atoms with Gasteiger partial charge in [0, 0.05) is 25.7 Å². The van der Waals surface area contributed by atoms with Crippen LogP contribution < -0.4 is 9.54 Å². The van der Waals surface area contributed by atoms with Gasteiger partial charge in [0.2, 0.25) is 10.0 Å². The number of fused-ring (bicyclic) bond motifs is 1. The van der Waals surface area contributed by atoms with E-state index in [4.69, 9.17) is 4.74 Å². The smallest absolute Gasteiger partial charge is 0.279 e. The minimum absolute atomic E-state index is 0.213. The lowest BCUT2D eigenvalue weighted by molar-refractivity contribution is 0.0998. The molecule has 3 aromatic rings. The van der Waals surface area contributed by atoms with E-state index in [-0.39, 0.29) is 4.90 Å². The highest BCUT2D eigenvalue weighted by Gasteiger charge is 2.25. The molecule has 1 aromatic heterocycles. The predicted octanol–water partition coefficient (Wildman–Crippen LogP) is 3.55. The van der Waals surface area contributed by atoms with Gasteiger partial charge in [0.1, 0.15) is 5.75 Å². The molecule has 0 spiro atoms. The average Bonchev–Trinajstić information content (AvgIpc) is 2.95. The van der Waals surface area contributed by atoms with E-state index < -0.39 is 15.9 Å². The molecule has 0 radical (unpaired) electrons. The van der Waals surface area contributed by atoms with Crippen molar-refractivity contribution in [3.8, 4) is 5.75 Å². The highest BCUT2D eigenvalue weighted by molar-refractivity contribution is 7.89. The van der Waals surface area contributed by atoms with Crippen LogP contribution in [0.2, 0.25) is 0 Å². The van der Waals surface area contributed by atoms with E-state index in [1.54, 1.807) is 11.4 Å². The second kappa shape index (κ2) is 8.94. The minimum Gasteiger partial charge on any atom is -0.497 e. The number of rotatable bonds is 4. The van der Waals surface area contributed by atoms with E-state index in [0.717, 1.165) is 41.6 Å². The van der Waals surface area contributed by atoms with Gasteiger partial charge in [-0.15, -0.1) is 0 Å². The maximum atomic E-state index is 12.9. The van der Waals surface area contributed by atoms with Gasteiger partial charge in [-0.25, -0.2) is 8.42 Å². The summed E-state index contributed by atoms with van der Waals surface area (Å²) in [5.41, 5.74) is 1.31. The van der Waals surface area contributed by atoms with Crippen LogP contribution in [0.15, 0.2) is 52.4 Å². The van der Waals surface area contributed by atoms with Crippen LogP contribution >= 0.6 is 11.3 Å². The second-order valence-corrected chi connectivity index (χ2v) is 10.5. The number of hydrogen-bond donors (Lipinski definition) is 0. The Morgan fingerprint density at radius 3 is 2.35 bits per heavy atom. The summed E-state index contributed by atoms with van der Waals surface area (Å²) in [4.78, 5) is 17.8. The van der Waals surface area contributed by atoms with Gasteiger partial charge < -0.3 is 9.30 Å². The zero-order valence-electron chi connectivity index (χ0n) is 17.6. The van der Waals surface area contributed by atoms with Gasteiger partial charge in [0.25, 0.3) is 5.91 Å². The number of hydrogen-bond acceptors (Lipinski definition) is 5. The summed E-state index contributed by atoms with van der Waals surface area (Å²) in [6, 6.07) is 11.8. The zero-order chi connectivity index (χ0) is 22.0. The van der Waals surface area contributed by atoms with Gasteiger partial charge in [-0.3, -0.25) is 4.79 Å². The van der Waals surface area contributed by atoms with Crippen molar-refractivity contribution >= 4 is 37.5 Å². The number of methoxy groups -OCH3 is 1. The summed E-state index contributed by atoms with van der Waals surface area (Å²) in [7, 11) is -0.0731. The number of benzene rings is 2. The number of carbonyl (C=O) groups is 1. The molecule has 1 fully saturated rings. The van der Waals surface area contributed by atoms with E-state index in [2.05, 4.69) is 4.99 Å². The van der Waals surface area contributed by atoms with Crippen LogP contribution in [0.3, 0.4) is 0 Å². The lowest BCUT2D eigenvalue weighted by Gasteiger charge is -2.19. The molecule has 164 valence electrons. The van der Waals surface area contributed by atoms with Gasteiger partial charge in [-0.05, 0) is 55.3 Å². The molecule has 31 heavy (non-hydrogen) atoms. The first-order valence-corrected chi connectivity index (χ1v) is 12.5. The zero-order valence-corrected chi connectivity index (χ0v) is 19.2. The van der Waals surface area contributed by atoms with Gasteiger partial charge in [-0.2, -0.15) is 9.30 Å². The Bertz CT molecular complexity index is 1270. The van der Waals surface area contributed by atoms with Crippen molar-refractivity contribution in [1.29, 1.82) is 0 Å². The summed E-state index contributed by atoms with van der Waals surface area (Å²) in [5, 5.41) is 0. The van der Waals surface area contributed by atoms with Crippen molar-refractivity contribution in [2.75, 3.05) is 20.2 Å². The largest absolute Gasteiger partial charge is 0.497 e. The Kier molecular flexibility index (Phi) is 6.27. The number of thiazole rings is 1. The quantitative estimate of drug-likeness (QED) is 0.598. The van der Waals surface area contributed by atoms with Crippen molar-refractivity contribution in [1.82, 2.24) is 8.87 Å². The van der Waals surface area contributed by atoms with Crippen molar-refractivity contribution in [2.45, 2.75) is 30.6 Å². The van der Waals surface area contributed by atoms with Crippen molar-refractivity contribution < 1.29 is 17.9 Å². The molecule has 1 aliphatic heterocycles. The van der Waals surface area contributed by atoms with Crippen LogP contribution in [0.25, 0.3) is 10.2 Å². The SMILES string of the molecule is COc1ccc2c(c1)sc(=NC(=O)c1ccc(S(=O)(=O)N3CCCCCC3)cc1)n2C. The third kappa shape index (κ3) is 4.44. The molecule has 2 heterocycles. The van der Waals surface area contributed by atoms with Crippen LogP contribution in [-0.4, -0.2) is 43.4 Å². The average molecular weight is 460 g/mol. The first-order valence-electron chi connectivity index (χ1n) is 10.2. The molecule has 1 saturated heterocycles. The number of aryl methyl sites for hydroxylation is 1. The molecular weight excluding hydrogens is 434 g/mol. The minimum atomic E-state index is -3.54. The van der Waals surface area contributed by atoms with Crippen molar-refractivity contribution in [3.63, 3.8) is 0 Å². The molecule has 0 saturated carbocycles. The Balaban J connectivity index is 1.60. The van der Waals surface area contributed by atoms with Gasteiger partial charge >= 0.3 is 0 Å². The monoisotopic (exact) mass is 459 g/mol. The maximum absolute atomic E-state index is 12.9. The van der Waals surface area contributed by atoms with E-state index >= 15 is 0 Å².